The molecule has 6 nitrogen and oxygen atoms in total. The van der Waals surface area contributed by atoms with Gasteiger partial charge in [-0.1, -0.05) is 0 Å². The lowest BCUT2D eigenvalue weighted by atomic mass is 10.2. The van der Waals surface area contributed by atoms with E-state index >= 15 is 0 Å². The quantitative estimate of drug-likeness (QED) is 0.833. The second-order valence-corrected chi connectivity index (χ2v) is 6.11. The van der Waals surface area contributed by atoms with Crippen molar-refractivity contribution in [1.82, 2.24) is 14.5 Å². The van der Waals surface area contributed by atoms with Crippen LogP contribution in [-0.2, 0) is 11.3 Å². The number of alkyl halides is 2. The summed E-state index contributed by atoms with van der Waals surface area (Å²) in [4.78, 5) is 17.8. The highest BCUT2D eigenvalue weighted by atomic mass is 19.3. The Morgan fingerprint density at radius 1 is 1.20 bits per heavy atom. The van der Waals surface area contributed by atoms with Crippen molar-refractivity contribution < 1.29 is 23.0 Å². The molecule has 2 aliphatic heterocycles. The fraction of sp³-hybridized carbons (Fsp3) is 0.412. The molecule has 4 rings (SSSR count). The van der Waals surface area contributed by atoms with E-state index in [0.29, 0.717) is 30.9 Å². The van der Waals surface area contributed by atoms with E-state index in [4.69, 9.17) is 0 Å². The molecule has 0 saturated carbocycles. The minimum Gasteiger partial charge on any atom is -0.395 e. The van der Waals surface area contributed by atoms with Crippen molar-refractivity contribution in [2.45, 2.75) is 32.1 Å². The van der Waals surface area contributed by atoms with Crippen molar-refractivity contribution in [3.05, 3.63) is 30.6 Å². The summed E-state index contributed by atoms with van der Waals surface area (Å²) in [6.45, 7) is 2.22. The van der Waals surface area contributed by atoms with Crippen LogP contribution in [0.15, 0.2) is 30.6 Å². The molecule has 1 fully saturated rings. The number of ether oxygens (including phenoxy) is 2. The zero-order valence-corrected chi connectivity index (χ0v) is 13.5. The number of nitrogens with zero attached hydrogens (tertiary/aromatic N) is 3. The molecule has 1 saturated heterocycles. The van der Waals surface area contributed by atoms with Gasteiger partial charge < -0.3 is 18.9 Å². The van der Waals surface area contributed by atoms with E-state index in [0.717, 1.165) is 19.4 Å². The molecule has 0 unspecified atom stereocenters. The van der Waals surface area contributed by atoms with Crippen LogP contribution in [0.4, 0.5) is 8.78 Å². The van der Waals surface area contributed by atoms with Crippen LogP contribution in [-0.4, -0.2) is 39.7 Å². The molecular formula is C17H17F2N3O3. The zero-order chi connectivity index (χ0) is 17.4. The highest BCUT2D eigenvalue weighted by Crippen LogP contribution is 2.42. The number of benzene rings is 1. The van der Waals surface area contributed by atoms with Gasteiger partial charge in [0, 0.05) is 44.0 Å². The largest absolute Gasteiger partial charge is 0.586 e. The Morgan fingerprint density at radius 3 is 2.84 bits per heavy atom. The van der Waals surface area contributed by atoms with Crippen molar-refractivity contribution >= 4 is 5.91 Å². The number of aromatic nitrogens is 2. The molecule has 1 aromatic carbocycles. The summed E-state index contributed by atoms with van der Waals surface area (Å²) in [5.41, 5.74) is 0.669. The Morgan fingerprint density at radius 2 is 2.04 bits per heavy atom. The highest BCUT2D eigenvalue weighted by molar-refractivity contribution is 5.78. The minimum absolute atomic E-state index is 0.000265. The second-order valence-electron chi connectivity index (χ2n) is 6.11. The Kier molecular flexibility index (Phi) is 3.82. The Labute approximate surface area is 143 Å². The number of carbonyl (C=O) groups excluding carboxylic acids is 1. The fourth-order valence-corrected chi connectivity index (χ4v) is 3.21. The molecule has 25 heavy (non-hydrogen) atoms. The first kappa shape index (κ1) is 15.9. The molecule has 0 spiro atoms. The van der Waals surface area contributed by atoms with Gasteiger partial charge in [-0.25, -0.2) is 4.98 Å². The molecule has 0 aliphatic carbocycles. The van der Waals surface area contributed by atoms with Crippen molar-refractivity contribution in [2.75, 3.05) is 13.1 Å². The van der Waals surface area contributed by atoms with E-state index in [9.17, 15) is 13.6 Å². The van der Waals surface area contributed by atoms with E-state index in [1.165, 1.54) is 12.1 Å². The maximum atomic E-state index is 13.1. The van der Waals surface area contributed by atoms with E-state index in [1.54, 1.807) is 12.3 Å². The van der Waals surface area contributed by atoms with Crippen LogP contribution in [0.25, 0.3) is 11.4 Å². The van der Waals surface area contributed by atoms with Gasteiger partial charge in [-0.2, -0.15) is 0 Å². The average molecular weight is 349 g/mol. The second kappa shape index (κ2) is 6.02. The number of fused-ring (bicyclic) bond motifs is 1. The SMILES string of the molecule is O=C1CCCN1CCCn1ccnc1-c1ccc2c(c1)OC(F)(F)O2. The van der Waals surface area contributed by atoms with Gasteiger partial charge in [0.2, 0.25) is 5.91 Å². The summed E-state index contributed by atoms with van der Waals surface area (Å²) >= 11 is 0. The molecule has 0 atom stereocenters. The van der Waals surface area contributed by atoms with Gasteiger partial charge in [-0.15, -0.1) is 8.78 Å². The predicted molar refractivity (Wildman–Crippen MR) is 84.3 cm³/mol. The van der Waals surface area contributed by atoms with E-state index in [-0.39, 0.29) is 17.4 Å². The summed E-state index contributed by atoms with van der Waals surface area (Å²) in [5, 5.41) is 0. The Balaban J connectivity index is 1.46. The van der Waals surface area contributed by atoms with Crippen molar-refractivity contribution in [2.24, 2.45) is 0 Å². The van der Waals surface area contributed by atoms with Crippen LogP contribution >= 0.6 is 0 Å². The summed E-state index contributed by atoms with van der Waals surface area (Å²) in [6.07, 6.45) is 2.24. The maximum Gasteiger partial charge on any atom is 0.586 e. The van der Waals surface area contributed by atoms with Crippen molar-refractivity contribution in [3.63, 3.8) is 0 Å². The first-order valence-corrected chi connectivity index (χ1v) is 8.21. The summed E-state index contributed by atoms with van der Waals surface area (Å²) in [5.74, 6) is 0.885. The maximum absolute atomic E-state index is 13.1. The molecule has 3 heterocycles. The van der Waals surface area contributed by atoms with Gasteiger partial charge in [0.05, 0.1) is 0 Å². The lowest BCUT2D eigenvalue weighted by Crippen LogP contribution is -2.26. The van der Waals surface area contributed by atoms with Crippen LogP contribution in [0.2, 0.25) is 0 Å². The molecule has 2 aliphatic rings. The molecule has 132 valence electrons. The highest BCUT2D eigenvalue weighted by Gasteiger charge is 2.43. The van der Waals surface area contributed by atoms with E-state index < -0.39 is 6.29 Å². The minimum atomic E-state index is -3.63. The number of hydrogen-bond acceptors (Lipinski definition) is 4. The molecular weight excluding hydrogens is 332 g/mol. The fourth-order valence-electron chi connectivity index (χ4n) is 3.21. The smallest absolute Gasteiger partial charge is 0.395 e. The lowest BCUT2D eigenvalue weighted by molar-refractivity contribution is -0.286. The molecule has 0 N–H and O–H groups in total. The number of likely N-dealkylation sites (tertiary alicyclic amines) is 1. The number of rotatable bonds is 5. The van der Waals surface area contributed by atoms with Gasteiger partial charge in [0.15, 0.2) is 11.5 Å². The number of hydrogen-bond donors (Lipinski definition) is 0. The third-order valence-electron chi connectivity index (χ3n) is 4.37. The monoisotopic (exact) mass is 349 g/mol. The normalized spacial score (nSPS) is 18.2. The average Bonchev–Trinajstić information content (AvgIpc) is 3.24. The lowest BCUT2D eigenvalue weighted by Gasteiger charge is -2.16. The Bertz CT molecular complexity index is 806. The molecule has 8 heteroatoms. The molecule has 0 radical (unpaired) electrons. The van der Waals surface area contributed by atoms with Crippen LogP contribution in [0, 0.1) is 0 Å². The number of aryl methyl sites for hydroxylation is 1. The standard InChI is InChI=1S/C17H17F2N3O3/c18-17(19)24-13-5-4-12(11-14(13)25-17)16-20-6-10-22(16)9-2-8-21-7-1-3-15(21)23/h4-6,10-11H,1-3,7-9H2. The summed E-state index contributed by atoms with van der Waals surface area (Å²) < 4.78 is 37.1. The van der Waals surface area contributed by atoms with Gasteiger partial charge in [0.25, 0.3) is 0 Å². The first-order chi connectivity index (χ1) is 12.0. The summed E-state index contributed by atoms with van der Waals surface area (Å²) in [6, 6.07) is 4.62. The van der Waals surface area contributed by atoms with Crippen LogP contribution in [0.3, 0.4) is 0 Å². The number of imidazole rings is 1. The molecule has 0 bridgehead atoms. The number of carbonyl (C=O) groups is 1. The number of halogens is 2. The molecule has 2 aromatic rings. The van der Waals surface area contributed by atoms with Crippen LogP contribution in [0.1, 0.15) is 19.3 Å². The van der Waals surface area contributed by atoms with Gasteiger partial charge in [-0.05, 0) is 31.0 Å². The zero-order valence-electron chi connectivity index (χ0n) is 13.5. The van der Waals surface area contributed by atoms with Crippen molar-refractivity contribution in [3.8, 4) is 22.9 Å². The van der Waals surface area contributed by atoms with Gasteiger partial charge in [0.1, 0.15) is 5.82 Å². The third-order valence-corrected chi connectivity index (χ3v) is 4.37. The van der Waals surface area contributed by atoms with Crippen LogP contribution in [0.5, 0.6) is 11.5 Å². The number of amides is 1. The van der Waals surface area contributed by atoms with E-state index in [1.807, 2.05) is 15.7 Å². The third kappa shape index (κ3) is 3.16. The topological polar surface area (TPSA) is 56.6 Å². The van der Waals surface area contributed by atoms with Crippen molar-refractivity contribution in [1.29, 1.82) is 0 Å². The van der Waals surface area contributed by atoms with Gasteiger partial charge in [-0.3, -0.25) is 4.79 Å². The predicted octanol–water partition coefficient (Wildman–Crippen LogP) is 2.88. The van der Waals surface area contributed by atoms with E-state index in [2.05, 4.69) is 14.5 Å². The first-order valence-electron chi connectivity index (χ1n) is 8.21. The van der Waals surface area contributed by atoms with Gasteiger partial charge >= 0.3 is 6.29 Å². The molecule has 1 aromatic heterocycles. The summed E-state index contributed by atoms with van der Waals surface area (Å²) in [7, 11) is 0. The van der Waals surface area contributed by atoms with Crippen LogP contribution < -0.4 is 9.47 Å². The molecule has 1 amide bonds. The Hall–Kier alpha value is -2.64.